The highest BCUT2D eigenvalue weighted by molar-refractivity contribution is 5.83. The number of hydrogen-bond donors (Lipinski definition) is 1. The summed E-state index contributed by atoms with van der Waals surface area (Å²) in [6.45, 7) is 1.80. The van der Waals surface area contributed by atoms with Crippen LogP contribution in [0.3, 0.4) is 0 Å². The second-order valence-corrected chi connectivity index (χ2v) is 5.51. The number of carbonyl (C=O) groups is 1. The van der Waals surface area contributed by atoms with E-state index in [2.05, 4.69) is 15.7 Å². The fraction of sp³-hybridized carbons (Fsp3) is 0.353. The fourth-order valence-electron chi connectivity index (χ4n) is 2.77. The van der Waals surface area contributed by atoms with Crippen LogP contribution in [0, 0.1) is 0 Å². The Morgan fingerprint density at radius 2 is 2.17 bits per heavy atom. The summed E-state index contributed by atoms with van der Waals surface area (Å²) >= 11 is 0. The van der Waals surface area contributed by atoms with Crippen molar-refractivity contribution in [3.05, 3.63) is 40.2 Å². The van der Waals surface area contributed by atoms with Crippen molar-refractivity contribution in [2.75, 3.05) is 33.9 Å². The molecule has 0 spiro atoms. The van der Waals surface area contributed by atoms with E-state index >= 15 is 0 Å². The van der Waals surface area contributed by atoms with E-state index in [-0.39, 0.29) is 11.5 Å². The normalized spacial score (nSPS) is 17.0. The molecular formula is C17H19NO5. The number of fused-ring (bicyclic) bond motifs is 1. The quantitative estimate of drug-likeness (QED) is 0.832. The molecule has 6 heteroatoms. The van der Waals surface area contributed by atoms with E-state index in [1.165, 1.54) is 23.1 Å². The van der Waals surface area contributed by atoms with Gasteiger partial charge in [-0.05, 0) is 34.2 Å². The van der Waals surface area contributed by atoms with Crippen LogP contribution >= 0.6 is 0 Å². The number of aliphatic hydroxyl groups is 1. The Labute approximate surface area is 133 Å². The van der Waals surface area contributed by atoms with Gasteiger partial charge < -0.3 is 19.3 Å². The molecule has 122 valence electrons. The van der Waals surface area contributed by atoms with Crippen molar-refractivity contribution in [1.82, 2.24) is 4.90 Å². The van der Waals surface area contributed by atoms with E-state index in [1.807, 2.05) is 18.2 Å². The highest BCUT2D eigenvalue weighted by Gasteiger charge is 2.23. The van der Waals surface area contributed by atoms with Crippen molar-refractivity contribution in [3.8, 4) is 5.75 Å². The number of methoxy groups -OCH3 is 2. The largest absolute Gasteiger partial charge is 0.513 e. The van der Waals surface area contributed by atoms with Crippen LogP contribution in [0.4, 0.5) is 4.79 Å². The SMILES string of the molecule is COC(=O)OC1=C(O)CCN(CC2=c3cc(OC)ccc3=C2)C1. The molecule has 3 rings (SSSR count). The summed E-state index contributed by atoms with van der Waals surface area (Å²) < 4.78 is 14.7. The number of nitrogens with zero attached hydrogens (tertiary/aromatic N) is 1. The lowest BCUT2D eigenvalue weighted by Crippen LogP contribution is -2.41. The van der Waals surface area contributed by atoms with Crippen molar-refractivity contribution in [1.29, 1.82) is 0 Å². The van der Waals surface area contributed by atoms with Gasteiger partial charge in [0.05, 0.1) is 20.8 Å². The Hall–Kier alpha value is -2.47. The van der Waals surface area contributed by atoms with Gasteiger partial charge >= 0.3 is 6.16 Å². The number of ether oxygens (including phenoxy) is 3. The Kier molecular flexibility index (Phi) is 4.25. The first-order valence-electron chi connectivity index (χ1n) is 7.39. The van der Waals surface area contributed by atoms with Gasteiger partial charge in [0.1, 0.15) is 11.5 Å². The minimum Gasteiger partial charge on any atom is -0.509 e. The Morgan fingerprint density at radius 3 is 2.91 bits per heavy atom. The zero-order valence-corrected chi connectivity index (χ0v) is 13.2. The van der Waals surface area contributed by atoms with Gasteiger partial charge in [0.25, 0.3) is 0 Å². The van der Waals surface area contributed by atoms with Gasteiger partial charge in [-0.1, -0.05) is 6.07 Å². The van der Waals surface area contributed by atoms with E-state index < -0.39 is 6.16 Å². The maximum Gasteiger partial charge on any atom is 0.513 e. The highest BCUT2D eigenvalue weighted by Crippen LogP contribution is 2.19. The van der Waals surface area contributed by atoms with Crippen LogP contribution < -0.4 is 15.2 Å². The summed E-state index contributed by atoms with van der Waals surface area (Å²) in [7, 11) is 2.89. The number of benzene rings is 1. The van der Waals surface area contributed by atoms with Crippen molar-refractivity contribution in [2.24, 2.45) is 0 Å². The smallest absolute Gasteiger partial charge is 0.509 e. The minimum atomic E-state index is -0.814. The van der Waals surface area contributed by atoms with Crippen molar-refractivity contribution in [2.45, 2.75) is 6.42 Å². The third kappa shape index (κ3) is 3.17. The van der Waals surface area contributed by atoms with Gasteiger partial charge in [-0.3, -0.25) is 4.90 Å². The molecule has 1 aromatic rings. The standard InChI is InChI=1S/C17H19NO5/c1-21-13-4-3-11-7-12(14(11)8-13)9-18-6-5-15(19)16(10-18)23-17(20)22-2/h3-4,7-8,19H,5-6,9-10H2,1-2H3. The van der Waals surface area contributed by atoms with Gasteiger partial charge in [-0.15, -0.1) is 0 Å². The summed E-state index contributed by atoms with van der Waals surface area (Å²) in [5, 5.41) is 12.2. The number of rotatable bonds is 4. The van der Waals surface area contributed by atoms with Gasteiger partial charge in [0.2, 0.25) is 0 Å². The van der Waals surface area contributed by atoms with Crippen LogP contribution in [0.25, 0.3) is 11.6 Å². The van der Waals surface area contributed by atoms with Gasteiger partial charge in [-0.2, -0.15) is 0 Å². The average Bonchev–Trinajstić information content (AvgIpc) is 2.55. The Bertz CT molecular complexity index is 781. The molecule has 1 aromatic carbocycles. The van der Waals surface area contributed by atoms with Gasteiger partial charge in [0.15, 0.2) is 5.76 Å². The molecule has 1 N–H and O–H groups in total. The molecule has 0 radical (unpaired) electrons. The molecule has 0 fully saturated rings. The number of hydrogen-bond acceptors (Lipinski definition) is 6. The van der Waals surface area contributed by atoms with E-state index in [4.69, 9.17) is 9.47 Å². The molecule has 23 heavy (non-hydrogen) atoms. The van der Waals surface area contributed by atoms with Crippen LogP contribution in [0.5, 0.6) is 5.75 Å². The second-order valence-electron chi connectivity index (χ2n) is 5.51. The Balaban J connectivity index is 1.72. The molecule has 1 aliphatic heterocycles. The third-order valence-electron chi connectivity index (χ3n) is 4.06. The van der Waals surface area contributed by atoms with E-state index in [0.717, 1.165) is 12.3 Å². The topological polar surface area (TPSA) is 68.2 Å². The lowest BCUT2D eigenvalue weighted by Gasteiger charge is -2.29. The van der Waals surface area contributed by atoms with Crippen LogP contribution in [-0.2, 0) is 9.47 Å². The van der Waals surface area contributed by atoms with Crippen molar-refractivity contribution < 1.29 is 24.1 Å². The summed E-state index contributed by atoms with van der Waals surface area (Å²) in [4.78, 5) is 13.3. The Morgan fingerprint density at radius 1 is 1.35 bits per heavy atom. The first-order valence-corrected chi connectivity index (χ1v) is 7.39. The minimum absolute atomic E-state index is 0.108. The molecule has 0 unspecified atom stereocenters. The predicted octanol–water partition coefficient (Wildman–Crippen LogP) is 0.898. The molecule has 0 atom stereocenters. The molecule has 0 bridgehead atoms. The first kappa shape index (κ1) is 15.4. The molecule has 0 aromatic heterocycles. The summed E-state index contributed by atoms with van der Waals surface area (Å²) in [5.74, 6) is 1.20. The van der Waals surface area contributed by atoms with Gasteiger partial charge in [0, 0.05) is 19.5 Å². The van der Waals surface area contributed by atoms with E-state index in [1.54, 1.807) is 7.11 Å². The van der Waals surface area contributed by atoms with Crippen LogP contribution in [0.15, 0.2) is 29.7 Å². The first-order chi connectivity index (χ1) is 11.1. The second kappa shape index (κ2) is 6.34. The molecular weight excluding hydrogens is 298 g/mol. The van der Waals surface area contributed by atoms with Crippen LogP contribution in [-0.4, -0.2) is 50.0 Å². The fourth-order valence-corrected chi connectivity index (χ4v) is 2.77. The summed E-state index contributed by atoms with van der Waals surface area (Å²) in [6.07, 6.45) is 1.77. The molecule has 0 saturated heterocycles. The van der Waals surface area contributed by atoms with Gasteiger partial charge in [-0.25, -0.2) is 4.79 Å². The zero-order valence-electron chi connectivity index (χ0n) is 13.2. The van der Waals surface area contributed by atoms with Crippen LogP contribution in [0.1, 0.15) is 6.42 Å². The lowest BCUT2D eigenvalue weighted by atomic mass is 9.99. The monoisotopic (exact) mass is 317 g/mol. The lowest BCUT2D eigenvalue weighted by molar-refractivity contribution is 0.0805. The maximum atomic E-state index is 11.2. The molecule has 6 nitrogen and oxygen atoms in total. The molecule has 0 saturated carbocycles. The predicted molar refractivity (Wildman–Crippen MR) is 84.3 cm³/mol. The summed E-state index contributed by atoms with van der Waals surface area (Å²) in [6, 6.07) is 6.00. The van der Waals surface area contributed by atoms with Crippen LogP contribution in [0.2, 0.25) is 0 Å². The number of aliphatic hydroxyl groups excluding tert-OH is 1. The number of carbonyl (C=O) groups excluding carboxylic acids is 1. The molecule has 0 amide bonds. The van der Waals surface area contributed by atoms with E-state index in [0.29, 0.717) is 19.5 Å². The maximum absolute atomic E-state index is 11.2. The van der Waals surface area contributed by atoms with Crippen molar-refractivity contribution in [3.63, 3.8) is 0 Å². The molecule has 1 heterocycles. The summed E-state index contributed by atoms with van der Waals surface area (Å²) in [5.41, 5.74) is 1.21. The zero-order chi connectivity index (χ0) is 16.4. The molecule has 2 aliphatic rings. The molecule has 1 aliphatic carbocycles. The third-order valence-corrected chi connectivity index (χ3v) is 4.06. The van der Waals surface area contributed by atoms with E-state index in [9.17, 15) is 9.90 Å². The average molecular weight is 317 g/mol. The van der Waals surface area contributed by atoms with Crippen molar-refractivity contribution >= 4 is 17.8 Å². The highest BCUT2D eigenvalue weighted by atomic mass is 16.7.